The van der Waals surface area contributed by atoms with Crippen LogP contribution in [0.5, 0.6) is 5.75 Å². The number of nitrogens with zero attached hydrogens (tertiary/aromatic N) is 2. The molecular weight excluding hydrogens is 250 g/mol. The summed E-state index contributed by atoms with van der Waals surface area (Å²) in [5, 5.41) is 9.32. The first kappa shape index (κ1) is 14.7. The average molecular weight is 275 g/mol. The molecule has 1 atom stereocenters. The van der Waals surface area contributed by atoms with Crippen molar-refractivity contribution in [1.82, 2.24) is 4.90 Å². The zero-order chi connectivity index (χ0) is 14.8. The second-order valence-corrected chi connectivity index (χ2v) is 6.34. The fourth-order valence-electron chi connectivity index (χ4n) is 2.67. The van der Waals surface area contributed by atoms with E-state index in [9.17, 15) is 5.11 Å². The number of benzene rings is 1. The number of aromatic hydroxyl groups is 1. The van der Waals surface area contributed by atoms with Gasteiger partial charge in [0.05, 0.1) is 12.1 Å². The van der Waals surface area contributed by atoms with Crippen LogP contribution in [0.1, 0.15) is 32.8 Å². The van der Waals surface area contributed by atoms with Crippen molar-refractivity contribution in [1.29, 1.82) is 0 Å². The number of hydrogen-bond acceptors (Lipinski definition) is 4. The van der Waals surface area contributed by atoms with Crippen LogP contribution < -0.4 is 5.73 Å². The topological polar surface area (TPSA) is 61.8 Å². The van der Waals surface area contributed by atoms with Crippen LogP contribution in [0.3, 0.4) is 0 Å². The van der Waals surface area contributed by atoms with E-state index in [1.807, 2.05) is 12.1 Å². The van der Waals surface area contributed by atoms with Crippen LogP contribution in [-0.4, -0.2) is 34.6 Å². The molecule has 0 spiro atoms. The Kier molecular flexibility index (Phi) is 4.21. The number of phenols is 1. The van der Waals surface area contributed by atoms with E-state index in [1.165, 1.54) is 5.56 Å². The Bertz CT molecular complexity index is 481. The maximum atomic E-state index is 9.32. The maximum Gasteiger partial charge on any atom is 0.191 e. The molecule has 0 aliphatic carbocycles. The lowest BCUT2D eigenvalue weighted by Crippen LogP contribution is -2.51. The molecule has 4 heteroatoms. The summed E-state index contributed by atoms with van der Waals surface area (Å²) >= 11 is 0. The van der Waals surface area contributed by atoms with Gasteiger partial charge >= 0.3 is 0 Å². The van der Waals surface area contributed by atoms with E-state index >= 15 is 0 Å². The Balaban J connectivity index is 2.01. The van der Waals surface area contributed by atoms with Crippen molar-refractivity contribution < 1.29 is 5.11 Å². The van der Waals surface area contributed by atoms with Gasteiger partial charge in [0.25, 0.3) is 0 Å². The van der Waals surface area contributed by atoms with Crippen LogP contribution >= 0.6 is 0 Å². The molecule has 0 bridgehead atoms. The van der Waals surface area contributed by atoms with Gasteiger partial charge in [-0.2, -0.15) is 0 Å². The quantitative estimate of drug-likeness (QED) is 0.867. The number of aryl methyl sites for hydroxylation is 1. The summed E-state index contributed by atoms with van der Waals surface area (Å²) in [7, 11) is 0. The number of aliphatic imine (C=N–C) groups is 1. The largest absolute Gasteiger partial charge is 0.508 e. The minimum absolute atomic E-state index is 0.00619. The van der Waals surface area contributed by atoms with E-state index in [0.717, 1.165) is 25.9 Å². The molecule has 1 aromatic carbocycles. The summed E-state index contributed by atoms with van der Waals surface area (Å²) in [6.07, 6.45) is 1.98. The molecule has 110 valence electrons. The standard InChI is InChI=1S/C16H25N3O/c1-12(2)10-19-15(17)18-11-16(19,3)9-8-13-4-6-14(20)7-5-13/h4-7,12,20H,8-11H2,1-3H3,(H2,17,18). The van der Waals surface area contributed by atoms with Crippen LogP contribution in [0.15, 0.2) is 29.3 Å². The van der Waals surface area contributed by atoms with Crippen molar-refractivity contribution in [2.45, 2.75) is 39.2 Å². The number of rotatable bonds is 5. The fourth-order valence-corrected chi connectivity index (χ4v) is 2.67. The predicted molar refractivity (Wildman–Crippen MR) is 82.9 cm³/mol. The van der Waals surface area contributed by atoms with E-state index in [2.05, 4.69) is 30.7 Å². The second-order valence-electron chi connectivity index (χ2n) is 6.34. The molecule has 20 heavy (non-hydrogen) atoms. The summed E-state index contributed by atoms with van der Waals surface area (Å²) in [6.45, 7) is 8.35. The van der Waals surface area contributed by atoms with E-state index in [-0.39, 0.29) is 5.54 Å². The Labute approximate surface area is 121 Å². The number of guanidine groups is 1. The summed E-state index contributed by atoms with van der Waals surface area (Å²) in [6, 6.07) is 7.43. The first-order valence-corrected chi connectivity index (χ1v) is 7.26. The van der Waals surface area contributed by atoms with Crippen molar-refractivity contribution in [3.63, 3.8) is 0 Å². The summed E-state index contributed by atoms with van der Waals surface area (Å²) in [5.41, 5.74) is 7.28. The van der Waals surface area contributed by atoms with E-state index < -0.39 is 0 Å². The van der Waals surface area contributed by atoms with Gasteiger partial charge in [-0.1, -0.05) is 26.0 Å². The third-order valence-electron chi connectivity index (χ3n) is 3.95. The minimum Gasteiger partial charge on any atom is -0.508 e. The molecule has 4 nitrogen and oxygen atoms in total. The highest BCUT2D eigenvalue weighted by molar-refractivity contribution is 5.80. The number of phenolic OH excluding ortho intramolecular Hbond substituents is 1. The average Bonchev–Trinajstić information content (AvgIpc) is 2.67. The van der Waals surface area contributed by atoms with Crippen molar-refractivity contribution >= 4 is 5.96 Å². The van der Waals surface area contributed by atoms with E-state index in [4.69, 9.17) is 5.73 Å². The van der Waals surface area contributed by atoms with E-state index in [0.29, 0.717) is 17.6 Å². The van der Waals surface area contributed by atoms with Gasteiger partial charge in [-0.3, -0.25) is 4.99 Å². The molecule has 1 unspecified atom stereocenters. The Morgan fingerprint density at radius 1 is 1.35 bits per heavy atom. The third kappa shape index (κ3) is 3.24. The van der Waals surface area contributed by atoms with Crippen LogP contribution in [0, 0.1) is 5.92 Å². The Morgan fingerprint density at radius 3 is 2.60 bits per heavy atom. The monoisotopic (exact) mass is 275 g/mol. The van der Waals surface area contributed by atoms with Gasteiger partial charge in [0.15, 0.2) is 5.96 Å². The van der Waals surface area contributed by atoms with Gasteiger partial charge < -0.3 is 15.7 Å². The van der Waals surface area contributed by atoms with Crippen LogP contribution in [-0.2, 0) is 6.42 Å². The fraction of sp³-hybridized carbons (Fsp3) is 0.562. The predicted octanol–water partition coefficient (Wildman–Crippen LogP) is 2.37. The lowest BCUT2D eigenvalue weighted by atomic mass is 9.91. The molecule has 1 heterocycles. The lowest BCUT2D eigenvalue weighted by molar-refractivity contribution is 0.190. The first-order chi connectivity index (χ1) is 9.40. The molecule has 1 aliphatic rings. The highest BCUT2D eigenvalue weighted by atomic mass is 16.3. The van der Waals surface area contributed by atoms with Gasteiger partial charge in [-0.15, -0.1) is 0 Å². The Hall–Kier alpha value is -1.71. The number of hydrogen-bond donors (Lipinski definition) is 2. The molecule has 0 radical (unpaired) electrons. The van der Waals surface area contributed by atoms with Crippen molar-refractivity contribution in [2.24, 2.45) is 16.6 Å². The molecular formula is C16H25N3O. The number of nitrogens with two attached hydrogens (primary N) is 1. The van der Waals surface area contributed by atoms with Crippen LogP contribution in [0.2, 0.25) is 0 Å². The van der Waals surface area contributed by atoms with Crippen molar-refractivity contribution in [2.75, 3.05) is 13.1 Å². The summed E-state index contributed by atoms with van der Waals surface area (Å²) in [4.78, 5) is 6.68. The highest BCUT2D eigenvalue weighted by Crippen LogP contribution is 2.28. The molecule has 3 N–H and O–H groups in total. The van der Waals surface area contributed by atoms with Crippen LogP contribution in [0.4, 0.5) is 0 Å². The lowest BCUT2D eigenvalue weighted by Gasteiger charge is -2.37. The first-order valence-electron chi connectivity index (χ1n) is 7.26. The molecule has 0 amide bonds. The smallest absolute Gasteiger partial charge is 0.191 e. The van der Waals surface area contributed by atoms with Crippen LogP contribution in [0.25, 0.3) is 0 Å². The zero-order valence-corrected chi connectivity index (χ0v) is 12.6. The summed E-state index contributed by atoms with van der Waals surface area (Å²) < 4.78 is 0. The molecule has 0 saturated heterocycles. The van der Waals surface area contributed by atoms with Gasteiger partial charge in [-0.05, 0) is 43.4 Å². The molecule has 1 aromatic rings. The van der Waals surface area contributed by atoms with Gasteiger partial charge in [0.1, 0.15) is 5.75 Å². The van der Waals surface area contributed by atoms with Crippen molar-refractivity contribution in [3.8, 4) is 5.75 Å². The zero-order valence-electron chi connectivity index (χ0n) is 12.6. The third-order valence-corrected chi connectivity index (χ3v) is 3.95. The second kappa shape index (κ2) is 5.73. The van der Waals surface area contributed by atoms with Gasteiger partial charge in [0.2, 0.25) is 0 Å². The molecule has 1 aliphatic heterocycles. The van der Waals surface area contributed by atoms with Gasteiger partial charge in [0, 0.05) is 6.54 Å². The minimum atomic E-state index is 0.00619. The maximum absolute atomic E-state index is 9.32. The van der Waals surface area contributed by atoms with Crippen molar-refractivity contribution in [3.05, 3.63) is 29.8 Å². The molecule has 0 aromatic heterocycles. The molecule has 2 rings (SSSR count). The summed E-state index contributed by atoms with van der Waals surface area (Å²) in [5.74, 6) is 1.55. The van der Waals surface area contributed by atoms with Gasteiger partial charge in [-0.25, -0.2) is 0 Å². The normalized spacial score (nSPS) is 22.4. The van der Waals surface area contributed by atoms with E-state index in [1.54, 1.807) is 12.1 Å². The molecule has 0 saturated carbocycles. The SMILES string of the molecule is CC(C)CN1C(N)=NCC1(C)CCc1ccc(O)cc1. The Morgan fingerprint density at radius 2 is 2.00 bits per heavy atom. The highest BCUT2D eigenvalue weighted by Gasteiger charge is 2.37. The molecule has 0 fully saturated rings.